The van der Waals surface area contributed by atoms with Crippen LogP contribution in [0.4, 0.5) is 4.79 Å². The van der Waals surface area contributed by atoms with Crippen LogP contribution in [0, 0.1) is 0 Å². The number of cyclic esters (lactones) is 1. The van der Waals surface area contributed by atoms with Crippen LogP contribution in [0.2, 0.25) is 0 Å². The molecule has 0 aliphatic carbocycles. The molecule has 1 amide bonds. The Morgan fingerprint density at radius 2 is 2.12 bits per heavy atom. The number of amides is 1. The molecule has 1 aliphatic rings. The van der Waals surface area contributed by atoms with Crippen LogP contribution in [0.15, 0.2) is 35.3 Å². The summed E-state index contributed by atoms with van der Waals surface area (Å²) >= 11 is 0. The number of aromatic amines is 2. The highest BCUT2D eigenvalue weighted by atomic mass is 16.5. The van der Waals surface area contributed by atoms with E-state index in [9.17, 15) is 9.59 Å². The first-order valence-corrected chi connectivity index (χ1v) is 8.37. The Morgan fingerprint density at radius 1 is 1.23 bits per heavy atom. The van der Waals surface area contributed by atoms with Crippen LogP contribution in [-0.2, 0) is 11.3 Å². The van der Waals surface area contributed by atoms with Crippen LogP contribution < -0.4 is 15.6 Å². The number of ether oxygens (including phenoxy) is 2. The van der Waals surface area contributed by atoms with Gasteiger partial charge in [0.15, 0.2) is 0 Å². The maximum Gasteiger partial charge on any atom is 0.407 e. The Morgan fingerprint density at radius 3 is 3.00 bits per heavy atom. The van der Waals surface area contributed by atoms with E-state index in [4.69, 9.17) is 9.47 Å². The number of nitrogens with zero attached hydrogens (tertiary/aromatic N) is 1. The maximum absolute atomic E-state index is 12.0. The number of hydrogen-bond donors (Lipinski definition) is 3. The van der Waals surface area contributed by atoms with E-state index in [2.05, 4.69) is 20.5 Å². The SMILES string of the molecule is C[C@@H]1CCNC(=O)OCc2cc(c[nH]c2=O)-c2n[nH]c3ccc(cc23)O1. The van der Waals surface area contributed by atoms with E-state index in [-0.39, 0.29) is 18.3 Å². The monoisotopic (exact) mass is 354 g/mol. The summed E-state index contributed by atoms with van der Waals surface area (Å²) in [7, 11) is 0. The second kappa shape index (κ2) is 6.55. The number of carbonyl (C=O) groups excluding carboxylic acids is 1. The fourth-order valence-electron chi connectivity index (χ4n) is 2.92. The number of carbonyl (C=O) groups is 1. The number of H-pyrrole nitrogens is 2. The lowest BCUT2D eigenvalue weighted by Gasteiger charge is -2.15. The van der Waals surface area contributed by atoms with E-state index in [0.717, 1.165) is 22.2 Å². The van der Waals surface area contributed by atoms with Crippen LogP contribution in [0.5, 0.6) is 5.75 Å². The molecular weight excluding hydrogens is 336 g/mol. The zero-order valence-corrected chi connectivity index (χ0v) is 14.2. The first kappa shape index (κ1) is 16.2. The maximum atomic E-state index is 12.0. The van der Waals surface area contributed by atoms with Gasteiger partial charge in [-0.1, -0.05) is 0 Å². The molecule has 8 heteroatoms. The van der Waals surface area contributed by atoms with Crippen LogP contribution >= 0.6 is 0 Å². The van der Waals surface area contributed by atoms with Crippen LogP contribution in [-0.4, -0.2) is 33.9 Å². The van der Waals surface area contributed by atoms with Gasteiger partial charge >= 0.3 is 6.09 Å². The summed E-state index contributed by atoms with van der Waals surface area (Å²) in [4.78, 5) is 26.5. The van der Waals surface area contributed by atoms with E-state index >= 15 is 0 Å². The van der Waals surface area contributed by atoms with Gasteiger partial charge < -0.3 is 19.8 Å². The summed E-state index contributed by atoms with van der Waals surface area (Å²) in [6.45, 7) is 2.23. The van der Waals surface area contributed by atoms with Gasteiger partial charge in [-0.2, -0.15) is 5.10 Å². The van der Waals surface area contributed by atoms with Crippen molar-refractivity contribution in [1.82, 2.24) is 20.5 Å². The average molecular weight is 354 g/mol. The summed E-state index contributed by atoms with van der Waals surface area (Å²) in [6.07, 6.45) is 1.56. The molecule has 4 rings (SSSR count). The standard InChI is InChI=1S/C18H18N4O4/c1-10-4-5-19-18(24)25-9-12-6-11(8-20-17(12)23)16-14-7-13(26-10)2-3-15(14)21-22-16/h2-3,6-8,10H,4-5,9H2,1H3,(H,19,24)(H,20,23)(H,21,22)/t10-/m1/s1. The normalized spacial score (nSPS) is 17.7. The topological polar surface area (TPSA) is 109 Å². The number of hydrogen-bond acceptors (Lipinski definition) is 5. The predicted molar refractivity (Wildman–Crippen MR) is 95.0 cm³/mol. The molecule has 3 heterocycles. The minimum absolute atomic E-state index is 0.0872. The molecule has 0 saturated carbocycles. The van der Waals surface area contributed by atoms with Crippen molar-refractivity contribution in [3.8, 4) is 17.0 Å². The summed E-state index contributed by atoms with van der Waals surface area (Å²) in [6, 6.07) is 7.38. The van der Waals surface area contributed by atoms with Gasteiger partial charge in [0.2, 0.25) is 0 Å². The van der Waals surface area contributed by atoms with Crippen molar-refractivity contribution in [2.24, 2.45) is 0 Å². The average Bonchev–Trinajstić information content (AvgIpc) is 3.03. The molecular formula is C18H18N4O4. The Bertz CT molecular complexity index is 1020. The van der Waals surface area contributed by atoms with Crippen LogP contribution in [0.1, 0.15) is 18.9 Å². The largest absolute Gasteiger partial charge is 0.491 e. The minimum Gasteiger partial charge on any atom is -0.491 e. The first-order chi connectivity index (χ1) is 12.6. The van der Waals surface area contributed by atoms with Gasteiger partial charge in [0.05, 0.1) is 17.2 Å². The fraction of sp³-hybridized carbons (Fsp3) is 0.278. The lowest BCUT2D eigenvalue weighted by Crippen LogP contribution is -2.29. The Hall–Kier alpha value is -3.29. The molecule has 0 unspecified atom stereocenters. The van der Waals surface area contributed by atoms with E-state index < -0.39 is 6.09 Å². The van der Waals surface area contributed by atoms with Gasteiger partial charge in [-0.15, -0.1) is 0 Å². The Labute approximate surface area is 148 Å². The minimum atomic E-state index is -0.570. The third kappa shape index (κ3) is 3.13. The molecule has 1 atom stereocenters. The molecule has 0 fully saturated rings. The van der Waals surface area contributed by atoms with Gasteiger partial charge in [-0.25, -0.2) is 4.79 Å². The summed E-state index contributed by atoms with van der Waals surface area (Å²) < 4.78 is 11.1. The third-order valence-electron chi connectivity index (χ3n) is 4.30. The third-order valence-corrected chi connectivity index (χ3v) is 4.30. The van der Waals surface area contributed by atoms with Crippen molar-refractivity contribution in [3.63, 3.8) is 0 Å². The number of benzene rings is 1. The summed E-state index contributed by atoms with van der Waals surface area (Å²) in [5, 5.41) is 10.9. The second-order valence-corrected chi connectivity index (χ2v) is 6.24. The molecule has 1 aromatic carbocycles. The predicted octanol–water partition coefficient (Wildman–Crippen LogP) is 2.32. The van der Waals surface area contributed by atoms with Gasteiger partial charge in [0.1, 0.15) is 18.1 Å². The van der Waals surface area contributed by atoms with Gasteiger partial charge in [-0.3, -0.25) is 9.89 Å². The number of rotatable bonds is 0. The molecule has 8 nitrogen and oxygen atoms in total. The van der Waals surface area contributed by atoms with Crippen LogP contribution in [0.25, 0.3) is 22.2 Å². The smallest absolute Gasteiger partial charge is 0.407 e. The molecule has 0 radical (unpaired) electrons. The molecule has 1 aliphatic heterocycles. The molecule has 3 N–H and O–H groups in total. The summed E-state index contributed by atoms with van der Waals surface area (Å²) in [5.41, 5.74) is 2.32. The molecule has 3 aromatic rings. The number of nitrogens with one attached hydrogen (secondary N) is 3. The Balaban J connectivity index is 1.83. The van der Waals surface area contributed by atoms with Gasteiger partial charge in [-0.05, 0) is 31.2 Å². The van der Waals surface area contributed by atoms with Crippen molar-refractivity contribution in [2.75, 3.05) is 6.54 Å². The van der Waals surface area contributed by atoms with Crippen LogP contribution in [0.3, 0.4) is 0 Å². The number of alkyl carbamates (subject to hydrolysis) is 1. The molecule has 0 spiro atoms. The number of pyridine rings is 1. The van der Waals surface area contributed by atoms with E-state index in [0.29, 0.717) is 24.2 Å². The molecule has 134 valence electrons. The highest BCUT2D eigenvalue weighted by molar-refractivity contribution is 5.93. The molecule has 26 heavy (non-hydrogen) atoms. The van der Waals surface area contributed by atoms with Crippen molar-refractivity contribution < 1.29 is 14.3 Å². The summed E-state index contributed by atoms with van der Waals surface area (Å²) in [5.74, 6) is 0.717. The molecule has 4 bridgehead atoms. The van der Waals surface area contributed by atoms with E-state index in [1.165, 1.54) is 0 Å². The van der Waals surface area contributed by atoms with Crippen molar-refractivity contribution >= 4 is 17.0 Å². The highest BCUT2D eigenvalue weighted by Crippen LogP contribution is 2.29. The quantitative estimate of drug-likeness (QED) is 0.574. The zero-order valence-electron chi connectivity index (χ0n) is 14.2. The van der Waals surface area contributed by atoms with Gasteiger partial charge in [0.25, 0.3) is 5.56 Å². The van der Waals surface area contributed by atoms with Crippen molar-refractivity contribution in [1.29, 1.82) is 0 Å². The second-order valence-electron chi connectivity index (χ2n) is 6.24. The number of fused-ring (bicyclic) bond motifs is 4. The highest BCUT2D eigenvalue weighted by Gasteiger charge is 2.14. The molecule has 2 aromatic heterocycles. The van der Waals surface area contributed by atoms with E-state index in [1.807, 2.05) is 25.1 Å². The fourth-order valence-corrected chi connectivity index (χ4v) is 2.92. The van der Waals surface area contributed by atoms with E-state index in [1.54, 1.807) is 12.3 Å². The number of aromatic nitrogens is 3. The Kier molecular flexibility index (Phi) is 4.08. The van der Waals surface area contributed by atoms with Crippen molar-refractivity contribution in [2.45, 2.75) is 26.1 Å². The lowest BCUT2D eigenvalue weighted by atomic mass is 10.1. The molecule has 0 saturated heterocycles. The lowest BCUT2D eigenvalue weighted by molar-refractivity contribution is 0.137. The first-order valence-electron chi connectivity index (χ1n) is 8.37. The van der Waals surface area contributed by atoms with Crippen molar-refractivity contribution in [3.05, 3.63) is 46.4 Å². The van der Waals surface area contributed by atoms with Gasteiger partial charge in [0, 0.05) is 30.1 Å². The zero-order chi connectivity index (χ0) is 18.1.